The molecule has 3 rings (SSSR count). The van der Waals surface area contributed by atoms with Gasteiger partial charge in [0.15, 0.2) is 4.34 Å². The Morgan fingerprint density at radius 3 is 2.90 bits per heavy atom. The van der Waals surface area contributed by atoms with Crippen LogP contribution < -0.4 is 0 Å². The summed E-state index contributed by atoms with van der Waals surface area (Å²) in [7, 11) is 0. The van der Waals surface area contributed by atoms with Gasteiger partial charge in [-0.15, -0.1) is 0 Å². The first-order valence-electron chi connectivity index (χ1n) is 6.10. The highest BCUT2D eigenvalue weighted by Gasteiger charge is 2.09. The number of aromatic nitrogens is 3. The molecule has 0 unspecified atom stereocenters. The van der Waals surface area contributed by atoms with Crippen LogP contribution in [0.4, 0.5) is 0 Å². The second-order valence-electron chi connectivity index (χ2n) is 4.07. The van der Waals surface area contributed by atoms with Crippen molar-refractivity contribution in [3.63, 3.8) is 0 Å². The monoisotopic (exact) mass is 298 g/mol. The molecule has 0 spiro atoms. The molecule has 0 saturated heterocycles. The Morgan fingerprint density at radius 2 is 2.15 bits per heavy atom. The topological polar surface area (TPSA) is 62.5 Å². The normalized spacial score (nSPS) is 10.6. The Bertz CT molecular complexity index is 804. The van der Waals surface area contributed by atoms with E-state index in [0.29, 0.717) is 5.56 Å². The van der Waals surface area contributed by atoms with Crippen molar-refractivity contribution in [2.24, 2.45) is 0 Å². The van der Waals surface area contributed by atoms with Crippen molar-refractivity contribution in [3.05, 3.63) is 41.7 Å². The summed E-state index contributed by atoms with van der Waals surface area (Å²) in [5.74, 6) is 0.846. The summed E-state index contributed by atoms with van der Waals surface area (Å²) in [5, 5.41) is 10.9. The fraction of sp³-hybridized carbons (Fsp3) is 0.143. The first kappa shape index (κ1) is 13.0. The molecule has 6 heteroatoms. The van der Waals surface area contributed by atoms with E-state index >= 15 is 0 Å². The van der Waals surface area contributed by atoms with Crippen LogP contribution >= 0.6 is 23.3 Å². The van der Waals surface area contributed by atoms with Gasteiger partial charge < -0.3 is 0 Å². The van der Waals surface area contributed by atoms with Crippen molar-refractivity contribution < 1.29 is 0 Å². The highest BCUT2D eigenvalue weighted by atomic mass is 32.2. The number of rotatable bonds is 3. The van der Waals surface area contributed by atoms with E-state index in [9.17, 15) is 5.26 Å². The molecule has 0 atom stereocenters. The van der Waals surface area contributed by atoms with Crippen LogP contribution in [0.1, 0.15) is 18.3 Å². The predicted octanol–water partition coefficient (Wildman–Crippen LogP) is 3.67. The molecule has 4 nitrogen and oxygen atoms in total. The Hall–Kier alpha value is -1.97. The number of fused-ring (bicyclic) bond motifs is 1. The summed E-state index contributed by atoms with van der Waals surface area (Å²) >= 11 is 2.82. The number of aryl methyl sites for hydroxylation is 1. The maximum atomic E-state index is 9.26. The van der Waals surface area contributed by atoms with Crippen LogP contribution in [0.15, 0.2) is 39.7 Å². The number of benzene rings is 1. The smallest absolute Gasteiger partial charge is 0.176 e. The standard InChI is InChI=1S/C14H10N4S2/c1-2-12-17-14(20-18-12)19-13-7-9(8-15)10-5-3-4-6-11(10)16-13/h3-7H,2H2,1H3. The number of para-hydroxylation sites is 1. The van der Waals surface area contributed by atoms with E-state index in [1.807, 2.05) is 31.2 Å². The quantitative estimate of drug-likeness (QED) is 0.738. The molecule has 1 aromatic carbocycles. The molecule has 3 aromatic rings. The van der Waals surface area contributed by atoms with Crippen LogP contribution in [0, 0.1) is 11.3 Å². The van der Waals surface area contributed by atoms with E-state index in [1.54, 1.807) is 6.07 Å². The highest BCUT2D eigenvalue weighted by molar-refractivity contribution is 8.00. The fourth-order valence-corrected chi connectivity index (χ4v) is 3.48. The Labute approximate surface area is 124 Å². The van der Waals surface area contributed by atoms with Crippen LogP contribution in [0.2, 0.25) is 0 Å². The van der Waals surface area contributed by atoms with Crippen LogP contribution in [0.5, 0.6) is 0 Å². The average Bonchev–Trinajstić information content (AvgIpc) is 2.94. The molecular formula is C14H10N4S2. The van der Waals surface area contributed by atoms with E-state index in [2.05, 4.69) is 20.4 Å². The van der Waals surface area contributed by atoms with E-state index in [1.165, 1.54) is 23.3 Å². The van der Waals surface area contributed by atoms with Gasteiger partial charge >= 0.3 is 0 Å². The molecule has 0 aliphatic rings. The lowest BCUT2D eigenvalue weighted by Gasteiger charge is -2.02. The van der Waals surface area contributed by atoms with E-state index in [0.717, 1.165) is 32.5 Å². The van der Waals surface area contributed by atoms with Gasteiger partial charge in [-0.05, 0) is 35.4 Å². The SMILES string of the molecule is CCc1nsc(Sc2cc(C#N)c3ccccc3n2)n1. The lowest BCUT2D eigenvalue weighted by atomic mass is 10.1. The third-order valence-corrected chi connectivity index (χ3v) is 4.48. The minimum absolute atomic E-state index is 0.637. The summed E-state index contributed by atoms with van der Waals surface area (Å²) in [4.78, 5) is 8.97. The van der Waals surface area contributed by atoms with E-state index < -0.39 is 0 Å². The molecule has 0 aliphatic heterocycles. The van der Waals surface area contributed by atoms with Gasteiger partial charge in [-0.25, -0.2) is 9.97 Å². The molecule has 2 heterocycles. The van der Waals surface area contributed by atoms with Crippen molar-refractivity contribution in [3.8, 4) is 6.07 Å². The minimum atomic E-state index is 0.637. The zero-order valence-electron chi connectivity index (χ0n) is 10.7. The summed E-state index contributed by atoms with van der Waals surface area (Å²) in [5.41, 5.74) is 1.47. The Morgan fingerprint density at radius 1 is 1.30 bits per heavy atom. The first-order chi connectivity index (χ1) is 9.80. The Kier molecular flexibility index (Phi) is 3.63. The molecule has 0 bridgehead atoms. The van der Waals surface area contributed by atoms with Gasteiger partial charge in [0, 0.05) is 11.8 Å². The van der Waals surface area contributed by atoms with Gasteiger partial charge in [0.2, 0.25) is 0 Å². The lowest BCUT2D eigenvalue weighted by molar-refractivity contribution is 0.970. The van der Waals surface area contributed by atoms with Gasteiger partial charge in [-0.1, -0.05) is 25.1 Å². The maximum absolute atomic E-state index is 9.26. The molecule has 20 heavy (non-hydrogen) atoms. The first-order valence-corrected chi connectivity index (χ1v) is 7.69. The largest absolute Gasteiger partial charge is 0.241 e. The molecule has 0 amide bonds. The van der Waals surface area contributed by atoms with Crippen LogP contribution in [0.3, 0.4) is 0 Å². The molecule has 0 N–H and O–H groups in total. The zero-order chi connectivity index (χ0) is 13.9. The van der Waals surface area contributed by atoms with Crippen LogP contribution in [0.25, 0.3) is 10.9 Å². The summed E-state index contributed by atoms with van der Waals surface area (Å²) in [6.07, 6.45) is 0.825. The van der Waals surface area contributed by atoms with Gasteiger partial charge in [0.05, 0.1) is 17.1 Å². The molecule has 0 saturated carbocycles. The van der Waals surface area contributed by atoms with Crippen molar-refractivity contribution in [2.45, 2.75) is 22.7 Å². The summed E-state index contributed by atoms with van der Waals surface area (Å²) in [6, 6.07) is 11.7. The number of hydrogen-bond donors (Lipinski definition) is 0. The second-order valence-corrected chi connectivity index (χ2v) is 6.09. The van der Waals surface area contributed by atoms with E-state index in [-0.39, 0.29) is 0 Å². The summed E-state index contributed by atoms with van der Waals surface area (Å²) in [6.45, 7) is 2.03. The van der Waals surface area contributed by atoms with Gasteiger partial charge in [-0.2, -0.15) is 9.64 Å². The molecule has 0 fully saturated rings. The second kappa shape index (κ2) is 5.57. The molecule has 98 valence electrons. The number of hydrogen-bond acceptors (Lipinski definition) is 6. The lowest BCUT2D eigenvalue weighted by Crippen LogP contribution is -1.87. The average molecular weight is 298 g/mol. The minimum Gasteiger partial charge on any atom is -0.241 e. The predicted molar refractivity (Wildman–Crippen MR) is 79.9 cm³/mol. The molecule has 2 aromatic heterocycles. The third-order valence-electron chi connectivity index (χ3n) is 2.77. The van der Waals surface area contributed by atoms with Gasteiger partial charge in [-0.3, -0.25) is 0 Å². The van der Waals surface area contributed by atoms with Gasteiger partial charge in [0.25, 0.3) is 0 Å². The van der Waals surface area contributed by atoms with Crippen LogP contribution in [-0.4, -0.2) is 14.3 Å². The van der Waals surface area contributed by atoms with E-state index in [4.69, 9.17) is 0 Å². The third kappa shape index (κ3) is 2.50. The van der Waals surface area contributed by atoms with Gasteiger partial charge in [0.1, 0.15) is 10.9 Å². The number of pyridine rings is 1. The number of nitriles is 1. The maximum Gasteiger partial charge on any atom is 0.176 e. The fourth-order valence-electron chi connectivity index (χ4n) is 1.81. The summed E-state index contributed by atoms with van der Waals surface area (Å²) < 4.78 is 5.11. The van der Waals surface area contributed by atoms with Crippen molar-refractivity contribution in [2.75, 3.05) is 0 Å². The van der Waals surface area contributed by atoms with Crippen LogP contribution in [-0.2, 0) is 6.42 Å². The highest BCUT2D eigenvalue weighted by Crippen LogP contribution is 2.30. The van der Waals surface area contributed by atoms with Crippen molar-refractivity contribution in [1.29, 1.82) is 5.26 Å². The van der Waals surface area contributed by atoms with Crippen molar-refractivity contribution in [1.82, 2.24) is 14.3 Å². The molecule has 0 aliphatic carbocycles. The molecular weight excluding hydrogens is 288 g/mol. The molecule has 0 radical (unpaired) electrons. The van der Waals surface area contributed by atoms with Crippen molar-refractivity contribution >= 4 is 34.2 Å². The zero-order valence-corrected chi connectivity index (χ0v) is 12.3. The Balaban J connectivity index is 2.01. The number of nitrogens with zero attached hydrogens (tertiary/aromatic N) is 4.